The van der Waals surface area contributed by atoms with E-state index in [2.05, 4.69) is 29.6 Å². The number of likely N-dealkylation sites (tertiary alicyclic amines) is 1. The first kappa shape index (κ1) is 19.4. The first-order valence-electron chi connectivity index (χ1n) is 10.8. The molecule has 1 aliphatic carbocycles. The van der Waals surface area contributed by atoms with Crippen LogP contribution in [0.15, 0.2) is 18.3 Å². The van der Waals surface area contributed by atoms with Gasteiger partial charge in [0.2, 0.25) is 5.91 Å². The highest BCUT2D eigenvalue weighted by atomic mass is 32.1. The predicted molar refractivity (Wildman–Crippen MR) is 119 cm³/mol. The number of aromatic nitrogens is 4. The van der Waals surface area contributed by atoms with Crippen LogP contribution in [0.5, 0.6) is 0 Å². The van der Waals surface area contributed by atoms with Crippen LogP contribution in [0.25, 0.3) is 21.8 Å². The summed E-state index contributed by atoms with van der Waals surface area (Å²) < 4.78 is 2.13. The summed E-state index contributed by atoms with van der Waals surface area (Å²) in [5.74, 6) is 0.211. The summed E-state index contributed by atoms with van der Waals surface area (Å²) in [6.45, 7) is 8.11. The zero-order chi connectivity index (χ0) is 20.8. The number of nitrogens with zero attached hydrogens (tertiary/aromatic N) is 5. The first-order chi connectivity index (χ1) is 14.5. The minimum atomic E-state index is 0.211. The molecule has 0 N–H and O–H groups in total. The van der Waals surface area contributed by atoms with E-state index < -0.39 is 0 Å². The maximum Gasteiger partial charge on any atom is 0.229 e. The lowest BCUT2D eigenvalue weighted by Crippen LogP contribution is -2.29. The van der Waals surface area contributed by atoms with Crippen molar-refractivity contribution >= 4 is 17.2 Å². The summed E-state index contributed by atoms with van der Waals surface area (Å²) in [6.07, 6.45) is 6.39. The van der Waals surface area contributed by atoms with Gasteiger partial charge in [0.05, 0.1) is 28.4 Å². The molecular weight excluding hydrogens is 394 g/mol. The second-order valence-corrected chi connectivity index (χ2v) is 9.63. The molecule has 1 saturated heterocycles. The van der Waals surface area contributed by atoms with Crippen LogP contribution in [0, 0.1) is 6.92 Å². The van der Waals surface area contributed by atoms with E-state index in [1.165, 1.54) is 16.1 Å². The van der Waals surface area contributed by atoms with Crippen molar-refractivity contribution in [2.45, 2.75) is 58.9 Å². The van der Waals surface area contributed by atoms with E-state index in [9.17, 15) is 4.79 Å². The molecule has 0 aromatic carbocycles. The first-order valence-corrected chi connectivity index (χ1v) is 11.6. The lowest BCUT2D eigenvalue weighted by molar-refractivity contribution is -0.129. The Morgan fingerprint density at radius 1 is 1.20 bits per heavy atom. The largest absolute Gasteiger partial charge is 0.342 e. The van der Waals surface area contributed by atoms with E-state index in [1.54, 1.807) is 11.3 Å². The van der Waals surface area contributed by atoms with Crippen molar-refractivity contribution in [1.82, 2.24) is 24.6 Å². The van der Waals surface area contributed by atoms with Gasteiger partial charge in [0.15, 0.2) is 0 Å². The van der Waals surface area contributed by atoms with E-state index in [1.807, 2.05) is 24.1 Å². The summed E-state index contributed by atoms with van der Waals surface area (Å²) in [5.41, 5.74) is 6.68. The molecule has 0 spiro atoms. The van der Waals surface area contributed by atoms with Gasteiger partial charge in [0.25, 0.3) is 0 Å². The molecule has 30 heavy (non-hydrogen) atoms. The van der Waals surface area contributed by atoms with Gasteiger partial charge < -0.3 is 4.90 Å². The third-order valence-electron chi connectivity index (χ3n) is 6.01. The Balaban J connectivity index is 1.54. The molecule has 3 aromatic heterocycles. The van der Waals surface area contributed by atoms with E-state index in [0.717, 1.165) is 66.4 Å². The predicted octanol–water partition coefficient (Wildman–Crippen LogP) is 4.22. The highest BCUT2D eigenvalue weighted by molar-refractivity contribution is 7.15. The highest BCUT2D eigenvalue weighted by Crippen LogP contribution is 2.43. The molecule has 3 aromatic rings. The molecule has 5 rings (SSSR count). The molecule has 0 saturated carbocycles. The molecule has 4 heterocycles. The molecule has 2 aliphatic rings. The van der Waals surface area contributed by atoms with Crippen LogP contribution >= 0.6 is 11.3 Å². The number of amides is 1. The molecule has 0 atom stereocenters. The standard InChI is InChI=1S/C23H27N5OS/c1-14(2)28-22-17(21(26-28)16-7-6-15(3)24-13-16)8-9-18-23(22)30-19(25-18)12-20(29)27-10-4-5-11-27/h6-7,13-14H,4-5,8-12H2,1-3H3. The molecular formula is C23H27N5OS. The summed E-state index contributed by atoms with van der Waals surface area (Å²) in [6, 6.07) is 4.39. The zero-order valence-corrected chi connectivity index (χ0v) is 18.6. The lowest BCUT2D eigenvalue weighted by Gasteiger charge is -2.16. The fourth-order valence-corrected chi connectivity index (χ4v) is 5.61. The van der Waals surface area contributed by atoms with Gasteiger partial charge in [-0.3, -0.25) is 14.5 Å². The Kier molecular flexibility index (Phi) is 4.93. The van der Waals surface area contributed by atoms with Crippen LogP contribution in [0.1, 0.15) is 54.7 Å². The minimum absolute atomic E-state index is 0.211. The molecule has 1 fully saturated rings. The molecule has 1 amide bonds. The maximum atomic E-state index is 12.6. The van der Waals surface area contributed by atoms with Crippen molar-refractivity contribution < 1.29 is 4.79 Å². The zero-order valence-electron chi connectivity index (χ0n) is 17.8. The number of carbonyl (C=O) groups excluding carboxylic acids is 1. The number of carbonyl (C=O) groups is 1. The number of aryl methyl sites for hydroxylation is 2. The Bertz CT molecular complexity index is 1090. The van der Waals surface area contributed by atoms with Crippen LogP contribution in [0.4, 0.5) is 0 Å². The molecule has 0 radical (unpaired) electrons. The summed E-state index contributed by atoms with van der Waals surface area (Å²) in [4.78, 5) is 25.1. The maximum absolute atomic E-state index is 12.6. The smallest absolute Gasteiger partial charge is 0.229 e. The van der Waals surface area contributed by atoms with Crippen molar-refractivity contribution in [3.05, 3.63) is 40.3 Å². The van der Waals surface area contributed by atoms with Crippen LogP contribution in [-0.4, -0.2) is 43.6 Å². The van der Waals surface area contributed by atoms with Crippen molar-refractivity contribution in [2.24, 2.45) is 0 Å². The second-order valence-electron chi connectivity index (χ2n) is 8.55. The van der Waals surface area contributed by atoms with Gasteiger partial charge in [-0.05, 0) is 58.6 Å². The highest BCUT2D eigenvalue weighted by Gasteiger charge is 2.30. The normalized spacial score (nSPS) is 15.5. The number of pyridine rings is 1. The van der Waals surface area contributed by atoms with Gasteiger partial charge >= 0.3 is 0 Å². The summed E-state index contributed by atoms with van der Waals surface area (Å²) in [7, 11) is 0. The van der Waals surface area contributed by atoms with E-state index >= 15 is 0 Å². The molecule has 0 bridgehead atoms. The Labute approximate surface area is 181 Å². The second kappa shape index (κ2) is 7.61. The van der Waals surface area contributed by atoms with Crippen LogP contribution in [0.3, 0.4) is 0 Å². The number of hydrogen-bond donors (Lipinski definition) is 0. The van der Waals surface area contributed by atoms with Crippen molar-refractivity contribution in [2.75, 3.05) is 13.1 Å². The number of rotatable bonds is 4. The van der Waals surface area contributed by atoms with Crippen molar-refractivity contribution in [1.29, 1.82) is 0 Å². The number of fused-ring (bicyclic) bond motifs is 3. The van der Waals surface area contributed by atoms with Gasteiger partial charge in [-0.25, -0.2) is 4.98 Å². The third-order valence-corrected chi connectivity index (χ3v) is 7.12. The van der Waals surface area contributed by atoms with E-state index in [-0.39, 0.29) is 11.9 Å². The minimum Gasteiger partial charge on any atom is -0.342 e. The fraction of sp³-hybridized carbons (Fsp3) is 0.478. The average Bonchev–Trinajstić information content (AvgIpc) is 3.46. The van der Waals surface area contributed by atoms with E-state index in [0.29, 0.717) is 6.42 Å². The van der Waals surface area contributed by atoms with Gasteiger partial charge in [-0.2, -0.15) is 5.10 Å². The van der Waals surface area contributed by atoms with Crippen LogP contribution in [0.2, 0.25) is 0 Å². The van der Waals surface area contributed by atoms with Crippen molar-refractivity contribution in [3.8, 4) is 21.8 Å². The Hall–Kier alpha value is -2.54. The molecule has 0 unspecified atom stereocenters. The van der Waals surface area contributed by atoms with Gasteiger partial charge in [-0.15, -0.1) is 11.3 Å². The Morgan fingerprint density at radius 2 is 2.00 bits per heavy atom. The average molecular weight is 422 g/mol. The number of hydrogen-bond acceptors (Lipinski definition) is 5. The van der Waals surface area contributed by atoms with Gasteiger partial charge in [0.1, 0.15) is 5.01 Å². The van der Waals surface area contributed by atoms with Crippen molar-refractivity contribution in [3.63, 3.8) is 0 Å². The quantitative estimate of drug-likeness (QED) is 0.633. The monoisotopic (exact) mass is 421 g/mol. The summed E-state index contributed by atoms with van der Waals surface area (Å²) >= 11 is 1.67. The van der Waals surface area contributed by atoms with Crippen LogP contribution in [-0.2, 0) is 24.1 Å². The Morgan fingerprint density at radius 3 is 2.70 bits per heavy atom. The molecule has 1 aliphatic heterocycles. The summed E-state index contributed by atoms with van der Waals surface area (Å²) in [5, 5.41) is 5.93. The molecule has 156 valence electrons. The SMILES string of the molecule is Cc1ccc(-c2nn(C(C)C)c3c2CCc2nc(CC(=O)N4CCCC4)sc2-3)cn1. The van der Waals surface area contributed by atoms with E-state index in [4.69, 9.17) is 10.1 Å². The van der Waals surface area contributed by atoms with Crippen LogP contribution < -0.4 is 0 Å². The topological polar surface area (TPSA) is 63.9 Å². The fourth-order valence-electron chi connectivity index (χ4n) is 4.44. The van der Waals surface area contributed by atoms with Gasteiger partial charge in [-0.1, -0.05) is 0 Å². The third kappa shape index (κ3) is 3.35. The molecule has 7 heteroatoms. The molecule has 6 nitrogen and oxygen atoms in total. The van der Waals surface area contributed by atoms with Gasteiger partial charge in [0, 0.05) is 42.1 Å². The number of thiazole rings is 1. The lowest BCUT2D eigenvalue weighted by atomic mass is 9.95.